The smallest absolute Gasteiger partial charge is 0.256 e. The average molecular weight is 250 g/mol. The van der Waals surface area contributed by atoms with Crippen molar-refractivity contribution in [1.82, 2.24) is 10.3 Å². The number of carbonyl (C=O) groups excluding carboxylic acids is 1. The molecule has 0 atom stereocenters. The SMILES string of the molecule is Cc1cc(=O)c(C(=O)NCCCCC(C)C)c[nH]1. The third kappa shape index (κ3) is 4.73. The van der Waals surface area contributed by atoms with Crippen LogP contribution in [0.25, 0.3) is 0 Å². The maximum atomic E-state index is 11.7. The number of hydrogen-bond donors (Lipinski definition) is 2. The number of unbranched alkanes of at least 4 members (excludes halogenated alkanes) is 1. The molecule has 0 saturated carbocycles. The van der Waals surface area contributed by atoms with Gasteiger partial charge in [-0.3, -0.25) is 9.59 Å². The second-order valence-corrected chi connectivity index (χ2v) is 5.04. The zero-order chi connectivity index (χ0) is 13.5. The van der Waals surface area contributed by atoms with Crippen molar-refractivity contribution in [2.24, 2.45) is 5.92 Å². The van der Waals surface area contributed by atoms with Crippen LogP contribution in [0.15, 0.2) is 17.1 Å². The Morgan fingerprint density at radius 3 is 2.72 bits per heavy atom. The third-order valence-electron chi connectivity index (χ3n) is 2.80. The van der Waals surface area contributed by atoms with Gasteiger partial charge in [0.15, 0.2) is 5.43 Å². The van der Waals surface area contributed by atoms with E-state index in [1.165, 1.54) is 18.7 Å². The van der Waals surface area contributed by atoms with Crippen LogP contribution in [-0.4, -0.2) is 17.4 Å². The lowest BCUT2D eigenvalue weighted by molar-refractivity contribution is 0.0951. The normalized spacial score (nSPS) is 10.7. The molecule has 2 N–H and O–H groups in total. The number of aromatic amines is 1. The van der Waals surface area contributed by atoms with Gasteiger partial charge in [-0.2, -0.15) is 0 Å². The zero-order valence-corrected chi connectivity index (χ0v) is 11.4. The quantitative estimate of drug-likeness (QED) is 0.761. The molecule has 1 aromatic rings. The molecular weight excluding hydrogens is 228 g/mol. The zero-order valence-electron chi connectivity index (χ0n) is 11.4. The number of hydrogen-bond acceptors (Lipinski definition) is 2. The average Bonchev–Trinajstić information content (AvgIpc) is 2.27. The fourth-order valence-electron chi connectivity index (χ4n) is 1.73. The Balaban J connectivity index is 2.39. The Labute approximate surface area is 108 Å². The minimum absolute atomic E-state index is 0.185. The largest absolute Gasteiger partial charge is 0.364 e. The first-order valence-electron chi connectivity index (χ1n) is 6.48. The standard InChI is InChI=1S/C14H22N2O2/c1-10(2)6-4-5-7-15-14(18)12-9-16-11(3)8-13(12)17/h8-10H,4-7H2,1-3H3,(H,15,18)(H,16,17). The summed E-state index contributed by atoms with van der Waals surface area (Å²) in [6.45, 7) is 6.78. The molecule has 18 heavy (non-hydrogen) atoms. The molecule has 4 nitrogen and oxygen atoms in total. The number of rotatable bonds is 6. The second-order valence-electron chi connectivity index (χ2n) is 5.04. The van der Waals surface area contributed by atoms with Crippen molar-refractivity contribution in [3.05, 3.63) is 33.7 Å². The van der Waals surface area contributed by atoms with E-state index in [-0.39, 0.29) is 16.9 Å². The molecule has 4 heteroatoms. The number of nitrogens with one attached hydrogen (secondary N) is 2. The number of aryl methyl sites for hydroxylation is 1. The maximum Gasteiger partial charge on any atom is 0.256 e. The summed E-state index contributed by atoms with van der Waals surface area (Å²) in [6.07, 6.45) is 4.69. The van der Waals surface area contributed by atoms with Gasteiger partial charge in [-0.15, -0.1) is 0 Å². The van der Waals surface area contributed by atoms with Gasteiger partial charge < -0.3 is 10.3 Å². The molecule has 0 aliphatic rings. The summed E-state index contributed by atoms with van der Waals surface area (Å²) in [5.41, 5.74) is 0.712. The molecule has 0 fully saturated rings. The third-order valence-corrected chi connectivity index (χ3v) is 2.80. The monoisotopic (exact) mass is 250 g/mol. The van der Waals surface area contributed by atoms with E-state index in [1.807, 2.05) is 0 Å². The van der Waals surface area contributed by atoms with Gasteiger partial charge in [-0.1, -0.05) is 26.7 Å². The van der Waals surface area contributed by atoms with E-state index >= 15 is 0 Å². The van der Waals surface area contributed by atoms with Crippen molar-refractivity contribution in [2.45, 2.75) is 40.0 Å². The molecule has 0 unspecified atom stereocenters. The minimum atomic E-state index is -0.291. The molecule has 1 amide bonds. The van der Waals surface area contributed by atoms with Crippen LogP contribution >= 0.6 is 0 Å². The molecule has 0 spiro atoms. The van der Waals surface area contributed by atoms with Gasteiger partial charge in [-0.05, 0) is 19.3 Å². The van der Waals surface area contributed by atoms with Crippen LogP contribution in [0, 0.1) is 12.8 Å². The molecule has 0 radical (unpaired) electrons. The number of amides is 1. The predicted molar refractivity (Wildman–Crippen MR) is 72.8 cm³/mol. The van der Waals surface area contributed by atoms with Crippen molar-refractivity contribution in [3.63, 3.8) is 0 Å². The Bertz CT molecular complexity index is 449. The molecule has 1 rings (SSSR count). The highest BCUT2D eigenvalue weighted by Crippen LogP contribution is 2.05. The van der Waals surface area contributed by atoms with E-state index < -0.39 is 0 Å². The van der Waals surface area contributed by atoms with Crippen molar-refractivity contribution in [1.29, 1.82) is 0 Å². The van der Waals surface area contributed by atoms with Crippen LogP contribution in [-0.2, 0) is 0 Å². The Morgan fingerprint density at radius 2 is 2.11 bits per heavy atom. The van der Waals surface area contributed by atoms with E-state index in [1.54, 1.807) is 6.92 Å². The molecule has 1 heterocycles. The highest BCUT2D eigenvalue weighted by Gasteiger charge is 2.09. The van der Waals surface area contributed by atoms with E-state index in [0.29, 0.717) is 12.5 Å². The van der Waals surface area contributed by atoms with Gasteiger partial charge in [0.25, 0.3) is 5.91 Å². The molecule has 0 aliphatic heterocycles. The highest BCUT2D eigenvalue weighted by molar-refractivity contribution is 5.93. The number of carbonyl (C=O) groups is 1. The number of aromatic nitrogens is 1. The number of H-pyrrole nitrogens is 1. The van der Waals surface area contributed by atoms with Gasteiger partial charge in [0, 0.05) is 24.5 Å². The molecule has 0 saturated heterocycles. The molecule has 0 aliphatic carbocycles. The lowest BCUT2D eigenvalue weighted by atomic mass is 10.1. The molecule has 1 aromatic heterocycles. The Kier molecular flexibility index (Phi) is 5.62. The van der Waals surface area contributed by atoms with Crippen molar-refractivity contribution >= 4 is 5.91 Å². The summed E-state index contributed by atoms with van der Waals surface area (Å²) in [4.78, 5) is 26.2. The molecular formula is C14H22N2O2. The Morgan fingerprint density at radius 1 is 1.39 bits per heavy atom. The maximum absolute atomic E-state index is 11.7. The first-order valence-corrected chi connectivity index (χ1v) is 6.48. The van der Waals surface area contributed by atoms with Gasteiger partial charge in [0.05, 0.1) is 0 Å². The topological polar surface area (TPSA) is 62.0 Å². The fourth-order valence-corrected chi connectivity index (χ4v) is 1.73. The van der Waals surface area contributed by atoms with Crippen molar-refractivity contribution in [3.8, 4) is 0 Å². The second kappa shape index (κ2) is 6.99. The lowest BCUT2D eigenvalue weighted by Gasteiger charge is -2.06. The van der Waals surface area contributed by atoms with Gasteiger partial charge in [0.1, 0.15) is 5.56 Å². The van der Waals surface area contributed by atoms with E-state index in [2.05, 4.69) is 24.1 Å². The molecule has 0 aromatic carbocycles. The molecule has 0 bridgehead atoms. The van der Waals surface area contributed by atoms with Gasteiger partial charge >= 0.3 is 0 Å². The first kappa shape index (κ1) is 14.5. The number of pyridine rings is 1. The van der Waals surface area contributed by atoms with E-state index in [0.717, 1.165) is 18.5 Å². The van der Waals surface area contributed by atoms with Crippen molar-refractivity contribution < 1.29 is 4.79 Å². The van der Waals surface area contributed by atoms with E-state index in [4.69, 9.17) is 0 Å². The van der Waals surface area contributed by atoms with E-state index in [9.17, 15) is 9.59 Å². The fraction of sp³-hybridized carbons (Fsp3) is 0.571. The van der Waals surface area contributed by atoms with Crippen LogP contribution < -0.4 is 10.7 Å². The minimum Gasteiger partial charge on any atom is -0.364 e. The summed E-state index contributed by atoms with van der Waals surface area (Å²) < 4.78 is 0. The summed E-state index contributed by atoms with van der Waals surface area (Å²) in [7, 11) is 0. The summed E-state index contributed by atoms with van der Waals surface area (Å²) >= 11 is 0. The van der Waals surface area contributed by atoms with Crippen LogP contribution in [0.2, 0.25) is 0 Å². The highest BCUT2D eigenvalue weighted by atomic mass is 16.2. The summed E-state index contributed by atoms with van der Waals surface area (Å²) in [5, 5.41) is 2.77. The van der Waals surface area contributed by atoms with Crippen LogP contribution in [0.4, 0.5) is 0 Å². The molecule has 100 valence electrons. The summed E-state index contributed by atoms with van der Waals surface area (Å²) in [6, 6.07) is 1.44. The van der Waals surface area contributed by atoms with Crippen LogP contribution in [0.5, 0.6) is 0 Å². The predicted octanol–water partition coefficient (Wildman–Crippen LogP) is 2.24. The first-order chi connectivity index (χ1) is 8.50. The van der Waals surface area contributed by atoms with Gasteiger partial charge in [-0.25, -0.2) is 0 Å². The lowest BCUT2D eigenvalue weighted by Crippen LogP contribution is -2.29. The van der Waals surface area contributed by atoms with Gasteiger partial charge in [0.2, 0.25) is 0 Å². The van der Waals surface area contributed by atoms with Crippen LogP contribution in [0.1, 0.15) is 49.2 Å². The summed E-state index contributed by atoms with van der Waals surface area (Å²) in [5.74, 6) is 0.404. The Hall–Kier alpha value is -1.58. The van der Waals surface area contributed by atoms with Crippen LogP contribution in [0.3, 0.4) is 0 Å². The van der Waals surface area contributed by atoms with Crippen molar-refractivity contribution in [2.75, 3.05) is 6.54 Å².